The van der Waals surface area contributed by atoms with Crippen molar-refractivity contribution in [1.29, 1.82) is 0 Å². The molecule has 0 spiro atoms. The summed E-state index contributed by atoms with van der Waals surface area (Å²) in [5, 5.41) is 0.127. The molecule has 2 nitrogen and oxygen atoms in total. The zero-order valence-corrected chi connectivity index (χ0v) is 7.15. The fraction of sp³-hybridized carbons (Fsp3) is 0.333. The van der Waals surface area contributed by atoms with Gasteiger partial charge in [-0.05, 0) is 0 Å². The molecule has 0 heterocycles. The first-order chi connectivity index (χ1) is 4.75. The maximum atomic E-state index is 5.26. The number of hydrogen-bond acceptors (Lipinski definition) is 4. The Morgan fingerprint density at radius 3 is 2.70 bits per heavy atom. The monoisotopic (exact) mass is 174 g/mol. The predicted octanol–water partition coefficient (Wildman–Crippen LogP) is 0.500. The van der Waals surface area contributed by atoms with E-state index in [2.05, 4.69) is 30.7 Å². The zero-order chi connectivity index (χ0) is 7.56. The van der Waals surface area contributed by atoms with E-state index in [0.717, 1.165) is 4.91 Å². The average Bonchev–Trinajstić information content (AvgIpc) is 1.88. The van der Waals surface area contributed by atoms with Crippen LogP contribution in [0.2, 0.25) is 0 Å². The highest BCUT2D eigenvalue weighted by atomic mass is 32.1. The number of hydrogen-bond donors (Lipinski definition) is 4. The van der Waals surface area contributed by atoms with Crippen LogP contribution in [0.5, 0.6) is 0 Å². The summed E-state index contributed by atoms with van der Waals surface area (Å²) in [6.45, 7) is 0. The van der Waals surface area contributed by atoms with E-state index in [9.17, 15) is 0 Å². The lowest BCUT2D eigenvalue weighted by Gasteiger charge is -2.22. The summed E-state index contributed by atoms with van der Waals surface area (Å²) in [4.78, 5) is 0.921. The Labute approximate surface area is 71.3 Å². The van der Waals surface area contributed by atoms with E-state index in [-0.39, 0.29) is 11.3 Å². The molecule has 0 aromatic heterocycles. The number of thiol groups is 2. The fourth-order valence-corrected chi connectivity index (χ4v) is 1.63. The largest absolute Gasteiger partial charge is 0.271 e. The molecule has 0 radical (unpaired) electrons. The molecule has 0 saturated carbocycles. The maximum Gasteiger partial charge on any atom is 0.0667 e. The third kappa shape index (κ3) is 1.58. The van der Waals surface area contributed by atoms with Gasteiger partial charge in [-0.25, -0.2) is 0 Å². The smallest absolute Gasteiger partial charge is 0.0667 e. The van der Waals surface area contributed by atoms with Crippen LogP contribution in [0.15, 0.2) is 23.1 Å². The van der Waals surface area contributed by atoms with Crippen molar-refractivity contribution >= 4 is 25.3 Å². The molecule has 56 valence electrons. The van der Waals surface area contributed by atoms with Gasteiger partial charge in [-0.1, -0.05) is 18.2 Å². The van der Waals surface area contributed by atoms with Crippen molar-refractivity contribution in [3.63, 3.8) is 0 Å². The molecule has 0 fully saturated rings. The third-order valence-electron chi connectivity index (χ3n) is 1.41. The molecule has 0 aromatic carbocycles. The van der Waals surface area contributed by atoms with Gasteiger partial charge in [0.05, 0.1) is 6.04 Å². The Morgan fingerprint density at radius 2 is 2.30 bits per heavy atom. The minimum atomic E-state index is 0.0525. The van der Waals surface area contributed by atoms with E-state index >= 15 is 0 Å². The Morgan fingerprint density at radius 1 is 1.60 bits per heavy atom. The first-order valence-electron chi connectivity index (χ1n) is 2.97. The molecule has 0 bridgehead atoms. The van der Waals surface area contributed by atoms with Gasteiger partial charge in [-0.15, -0.1) is 12.6 Å². The minimum Gasteiger partial charge on any atom is -0.271 e. The van der Waals surface area contributed by atoms with Crippen molar-refractivity contribution in [3.8, 4) is 0 Å². The van der Waals surface area contributed by atoms with Crippen LogP contribution in [0.3, 0.4) is 0 Å². The number of nitrogens with one attached hydrogen (secondary N) is 1. The Hall–Kier alpha value is 0.1000. The second-order valence-electron chi connectivity index (χ2n) is 2.11. The molecule has 0 amide bonds. The van der Waals surface area contributed by atoms with Crippen molar-refractivity contribution < 1.29 is 0 Å². The van der Waals surface area contributed by atoms with Gasteiger partial charge in [-0.3, -0.25) is 11.3 Å². The van der Waals surface area contributed by atoms with Crippen LogP contribution in [0, 0.1) is 0 Å². The minimum absolute atomic E-state index is 0.0525. The van der Waals surface area contributed by atoms with Crippen LogP contribution in [-0.2, 0) is 0 Å². The summed E-state index contributed by atoms with van der Waals surface area (Å²) in [5.41, 5.74) is 2.63. The van der Waals surface area contributed by atoms with E-state index in [1.165, 1.54) is 0 Å². The lowest BCUT2D eigenvalue weighted by atomic mass is 10.1. The van der Waals surface area contributed by atoms with Gasteiger partial charge in [-0.2, -0.15) is 12.6 Å². The number of allylic oxidation sites excluding steroid dienone is 2. The molecular weight excluding hydrogens is 164 g/mol. The highest BCUT2D eigenvalue weighted by Gasteiger charge is 2.18. The maximum absolute atomic E-state index is 5.26. The van der Waals surface area contributed by atoms with Gasteiger partial charge in [0.2, 0.25) is 0 Å². The van der Waals surface area contributed by atoms with Crippen molar-refractivity contribution in [2.45, 2.75) is 11.3 Å². The van der Waals surface area contributed by atoms with Crippen LogP contribution in [0.1, 0.15) is 0 Å². The molecular formula is C6H10N2S2. The van der Waals surface area contributed by atoms with Gasteiger partial charge in [0.1, 0.15) is 0 Å². The molecule has 1 aliphatic rings. The lowest BCUT2D eigenvalue weighted by molar-refractivity contribution is 0.627. The van der Waals surface area contributed by atoms with Crippen LogP contribution in [0.4, 0.5) is 0 Å². The summed E-state index contributed by atoms with van der Waals surface area (Å²) >= 11 is 8.49. The van der Waals surface area contributed by atoms with Gasteiger partial charge < -0.3 is 0 Å². The molecule has 10 heavy (non-hydrogen) atoms. The molecule has 0 aliphatic heterocycles. The van der Waals surface area contributed by atoms with Gasteiger partial charge in [0.15, 0.2) is 0 Å². The van der Waals surface area contributed by atoms with Gasteiger partial charge in [0.25, 0.3) is 0 Å². The molecule has 1 aliphatic carbocycles. The van der Waals surface area contributed by atoms with Crippen LogP contribution in [-0.4, -0.2) is 11.3 Å². The second-order valence-corrected chi connectivity index (χ2v) is 3.22. The highest BCUT2D eigenvalue weighted by molar-refractivity contribution is 7.85. The molecule has 2 atom stereocenters. The number of rotatable bonds is 1. The van der Waals surface area contributed by atoms with E-state index in [0.29, 0.717) is 0 Å². The van der Waals surface area contributed by atoms with Crippen molar-refractivity contribution in [2.24, 2.45) is 5.84 Å². The van der Waals surface area contributed by atoms with Crippen molar-refractivity contribution in [3.05, 3.63) is 23.1 Å². The Kier molecular flexibility index (Phi) is 2.85. The molecule has 2 unspecified atom stereocenters. The third-order valence-corrected chi connectivity index (χ3v) is 2.31. The Bertz CT molecular complexity index is 177. The predicted molar refractivity (Wildman–Crippen MR) is 50.1 cm³/mol. The highest BCUT2D eigenvalue weighted by Crippen LogP contribution is 2.19. The SMILES string of the molecule is NNC1C(S)=CC=CC1S. The van der Waals surface area contributed by atoms with Crippen molar-refractivity contribution in [2.75, 3.05) is 0 Å². The summed E-state index contributed by atoms with van der Waals surface area (Å²) in [5.74, 6) is 5.26. The zero-order valence-electron chi connectivity index (χ0n) is 5.36. The second kappa shape index (κ2) is 3.48. The normalized spacial score (nSPS) is 32.1. The number of nitrogens with two attached hydrogens (primary N) is 1. The lowest BCUT2D eigenvalue weighted by Crippen LogP contribution is -2.42. The topological polar surface area (TPSA) is 38.0 Å². The fourth-order valence-electron chi connectivity index (χ4n) is 0.842. The summed E-state index contributed by atoms with van der Waals surface area (Å²) < 4.78 is 0. The first kappa shape index (κ1) is 8.20. The van der Waals surface area contributed by atoms with E-state index in [1.54, 1.807) is 0 Å². The van der Waals surface area contributed by atoms with Crippen LogP contribution < -0.4 is 11.3 Å². The first-order valence-corrected chi connectivity index (χ1v) is 3.93. The van der Waals surface area contributed by atoms with Crippen LogP contribution in [0.25, 0.3) is 0 Å². The molecule has 3 N–H and O–H groups in total. The molecule has 0 aromatic rings. The number of hydrazine groups is 1. The van der Waals surface area contributed by atoms with Crippen molar-refractivity contribution in [1.82, 2.24) is 5.43 Å². The molecule has 0 saturated heterocycles. The van der Waals surface area contributed by atoms with E-state index in [4.69, 9.17) is 5.84 Å². The van der Waals surface area contributed by atoms with Crippen LogP contribution >= 0.6 is 25.3 Å². The Balaban J connectivity index is 2.71. The summed E-state index contributed by atoms with van der Waals surface area (Å²) in [6.07, 6.45) is 5.79. The standard InChI is InChI=1S/C6H10N2S2/c7-8-6-4(9)2-1-3-5(6)10/h1-4,6,8-10H,7H2. The molecule has 1 rings (SSSR count). The van der Waals surface area contributed by atoms with Gasteiger partial charge >= 0.3 is 0 Å². The summed E-state index contributed by atoms with van der Waals surface area (Å²) in [7, 11) is 0. The van der Waals surface area contributed by atoms with E-state index < -0.39 is 0 Å². The average molecular weight is 174 g/mol. The van der Waals surface area contributed by atoms with Gasteiger partial charge in [0, 0.05) is 10.2 Å². The quantitative estimate of drug-likeness (QED) is 0.265. The van der Waals surface area contributed by atoms with E-state index in [1.807, 2.05) is 18.2 Å². The summed E-state index contributed by atoms with van der Waals surface area (Å²) in [6, 6.07) is 0.0525. The molecule has 4 heteroatoms.